The molecule has 0 fully saturated rings. The summed E-state index contributed by atoms with van der Waals surface area (Å²) in [6.45, 7) is 4.24. The Kier molecular flexibility index (Phi) is 7.33. The van der Waals surface area contributed by atoms with Crippen molar-refractivity contribution in [2.75, 3.05) is 11.8 Å². The van der Waals surface area contributed by atoms with Crippen LogP contribution >= 0.6 is 23.2 Å². The highest BCUT2D eigenvalue weighted by Crippen LogP contribution is 2.02. The zero-order valence-electron chi connectivity index (χ0n) is 7.48. The average molecular weight is 205 g/mol. The molecule has 0 amide bonds. The summed E-state index contributed by atoms with van der Waals surface area (Å²) < 4.78 is 0. The van der Waals surface area contributed by atoms with Crippen LogP contribution in [0.25, 0.3) is 0 Å². The summed E-state index contributed by atoms with van der Waals surface area (Å²) in [5.74, 6) is 1.11. The van der Waals surface area contributed by atoms with Gasteiger partial charge in [0.1, 0.15) is 0 Å². The van der Waals surface area contributed by atoms with E-state index in [2.05, 4.69) is 38.1 Å². The van der Waals surface area contributed by atoms with Crippen LogP contribution < -0.4 is 0 Å². The molecular weight excluding hydrogens is 191 g/mol. The highest BCUT2D eigenvalue weighted by atomic mass is 35.5. The number of alkyl halides is 2. The molecule has 0 aliphatic carbocycles. The van der Waals surface area contributed by atoms with Gasteiger partial charge in [-0.1, -0.05) is 24.3 Å². The molecule has 0 saturated carbocycles. The molecule has 0 spiro atoms. The molecule has 0 heterocycles. The summed E-state index contributed by atoms with van der Waals surface area (Å²) in [5.41, 5.74) is 2.74. The predicted molar refractivity (Wildman–Crippen MR) is 57.4 cm³/mol. The molecule has 0 bridgehead atoms. The van der Waals surface area contributed by atoms with Gasteiger partial charge in [0.15, 0.2) is 0 Å². The van der Waals surface area contributed by atoms with E-state index < -0.39 is 0 Å². The second-order valence-corrected chi connectivity index (χ2v) is 3.22. The molecule has 1 aromatic rings. The summed E-state index contributed by atoms with van der Waals surface area (Å²) in [7, 11) is 0. The number of hydrogen-bond acceptors (Lipinski definition) is 0. The largest absolute Gasteiger partial charge is 0.125 e. The third-order valence-electron chi connectivity index (χ3n) is 1.50. The van der Waals surface area contributed by atoms with E-state index in [4.69, 9.17) is 23.2 Å². The highest BCUT2D eigenvalue weighted by molar-refractivity contribution is 6.25. The first-order valence-corrected chi connectivity index (χ1v) is 4.93. The van der Waals surface area contributed by atoms with E-state index in [9.17, 15) is 0 Å². The van der Waals surface area contributed by atoms with Crippen molar-refractivity contribution in [2.24, 2.45) is 0 Å². The van der Waals surface area contributed by atoms with E-state index in [1.807, 2.05) is 0 Å². The van der Waals surface area contributed by atoms with E-state index in [1.165, 1.54) is 11.1 Å². The molecule has 0 atom stereocenters. The Morgan fingerprint density at radius 1 is 0.917 bits per heavy atom. The van der Waals surface area contributed by atoms with Crippen molar-refractivity contribution in [2.45, 2.75) is 13.8 Å². The highest BCUT2D eigenvalue weighted by Gasteiger charge is 1.83. The van der Waals surface area contributed by atoms with Crippen LogP contribution in [0.4, 0.5) is 0 Å². The standard InChI is InChI=1S/C8H10.C2H4Cl2/c1-7-5-3-4-6-8(7)2;3-1-2-4/h3-6H,1-2H3;1-2H2. The molecule has 0 nitrogen and oxygen atoms in total. The summed E-state index contributed by atoms with van der Waals surface area (Å²) in [4.78, 5) is 0. The molecule has 0 aliphatic rings. The van der Waals surface area contributed by atoms with E-state index >= 15 is 0 Å². The van der Waals surface area contributed by atoms with E-state index in [0.29, 0.717) is 11.8 Å². The van der Waals surface area contributed by atoms with Gasteiger partial charge in [-0.05, 0) is 25.0 Å². The van der Waals surface area contributed by atoms with Crippen molar-refractivity contribution < 1.29 is 0 Å². The normalized spacial score (nSPS) is 8.67. The van der Waals surface area contributed by atoms with Crippen LogP contribution in [-0.2, 0) is 0 Å². The van der Waals surface area contributed by atoms with Gasteiger partial charge in [-0.3, -0.25) is 0 Å². The first-order valence-electron chi connectivity index (χ1n) is 3.86. The third-order valence-corrected chi connectivity index (χ3v) is 2.07. The van der Waals surface area contributed by atoms with Gasteiger partial charge in [0.25, 0.3) is 0 Å². The number of halogens is 2. The third kappa shape index (κ3) is 5.45. The number of benzene rings is 1. The SMILES string of the molecule is Cc1ccccc1C.ClCCCl. The molecular formula is C10H14Cl2. The Hall–Kier alpha value is -0.200. The zero-order chi connectivity index (χ0) is 9.40. The van der Waals surface area contributed by atoms with Crippen LogP contribution in [0.3, 0.4) is 0 Å². The van der Waals surface area contributed by atoms with Gasteiger partial charge in [0.05, 0.1) is 0 Å². The minimum atomic E-state index is 0.557. The first kappa shape index (κ1) is 11.8. The lowest BCUT2D eigenvalue weighted by Gasteiger charge is -1.93. The maximum atomic E-state index is 5.05. The Bertz CT molecular complexity index is 186. The lowest BCUT2D eigenvalue weighted by molar-refractivity contribution is 1.34. The first-order chi connectivity index (χ1) is 5.72. The lowest BCUT2D eigenvalue weighted by atomic mass is 10.1. The van der Waals surface area contributed by atoms with E-state index in [1.54, 1.807) is 0 Å². The minimum absolute atomic E-state index is 0.557. The quantitative estimate of drug-likeness (QED) is 0.612. The smallest absolute Gasteiger partial charge is 0.0359 e. The summed E-state index contributed by atoms with van der Waals surface area (Å²) >= 11 is 10.1. The van der Waals surface area contributed by atoms with Crippen molar-refractivity contribution in [1.82, 2.24) is 0 Å². The van der Waals surface area contributed by atoms with Gasteiger partial charge in [0.2, 0.25) is 0 Å². The molecule has 0 unspecified atom stereocenters. The Morgan fingerprint density at radius 3 is 1.42 bits per heavy atom. The maximum Gasteiger partial charge on any atom is 0.0359 e. The van der Waals surface area contributed by atoms with Crippen molar-refractivity contribution in [3.8, 4) is 0 Å². The van der Waals surface area contributed by atoms with Crippen molar-refractivity contribution in [3.63, 3.8) is 0 Å². The fourth-order valence-corrected chi connectivity index (χ4v) is 0.663. The van der Waals surface area contributed by atoms with Crippen molar-refractivity contribution in [1.29, 1.82) is 0 Å². The fourth-order valence-electron chi connectivity index (χ4n) is 0.663. The van der Waals surface area contributed by atoms with Crippen molar-refractivity contribution >= 4 is 23.2 Å². The van der Waals surface area contributed by atoms with Crippen LogP contribution in [0, 0.1) is 13.8 Å². The topological polar surface area (TPSA) is 0 Å². The van der Waals surface area contributed by atoms with Gasteiger partial charge in [-0.2, -0.15) is 0 Å². The van der Waals surface area contributed by atoms with Gasteiger partial charge in [-0.25, -0.2) is 0 Å². The molecule has 0 saturated heterocycles. The summed E-state index contributed by atoms with van der Waals surface area (Å²) in [6.07, 6.45) is 0. The molecule has 0 radical (unpaired) electrons. The average Bonchev–Trinajstić information content (AvgIpc) is 2.11. The van der Waals surface area contributed by atoms with E-state index in [0.717, 1.165) is 0 Å². The molecule has 0 N–H and O–H groups in total. The van der Waals surface area contributed by atoms with Gasteiger partial charge >= 0.3 is 0 Å². The van der Waals surface area contributed by atoms with Gasteiger partial charge in [-0.15, -0.1) is 23.2 Å². The molecule has 1 aromatic carbocycles. The molecule has 2 heteroatoms. The second kappa shape index (κ2) is 7.45. The monoisotopic (exact) mass is 204 g/mol. The second-order valence-electron chi connectivity index (χ2n) is 2.46. The Labute approximate surface area is 84.5 Å². The molecule has 0 aromatic heterocycles. The van der Waals surface area contributed by atoms with E-state index in [-0.39, 0.29) is 0 Å². The van der Waals surface area contributed by atoms with Gasteiger partial charge in [0, 0.05) is 11.8 Å². The van der Waals surface area contributed by atoms with Crippen LogP contribution in [0.2, 0.25) is 0 Å². The molecule has 68 valence electrons. The Morgan fingerprint density at radius 2 is 1.25 bits per heavy atom. The van der Waals surface area contributed by atoms with Crippen LogP contribution in [0.1, 0.15) is 11.1 Å². The molecule has 0 aliphatic heterocycles. The molecule has 12 heavy (non-hydrogen) atoms. The fraction of sp³-hybridized carbons (Fsp3) is 0.400. The lowest BCUT2D eigenvalue weighted by Crippen LogP contribution is -1.74. The van der Waals surface area contributed by atoms with Crippen LogP contribution in [0.15, 0.2) is 24.3 Å². The predicted octanol–water partition coefficient (Wildman–Crippen LogP) is 3.77. The number of rotatable bonds is 1. The zero-order valence-corrected chi connectivity index (χ0v) is 8.99. The molecule has 1 rings (SSSR count). The Balaban J connectivity index is 0.000000261. The summed E-state index contributed by atoms with van der Waals surface area (Å²) in [6, 6.07) is 8.36. The van der Waals surface area contributed by atoms with Crippen LogP contribution in [0.5, 0.6) is 0 Å². The summed E-state index contributed by atoms with van der Waals surface area (Å²) in [5, 5.41) is 0. The van der Waals surface area contributed by atoms with Crippen molar-refractivity contribution in [3.05, 3.63) is 35.4 Å². The maximum absolute atomic E-state index is 5.05. The van der Waals surface area contributed by atoms with Gasteiger partial charge < -0.3 is 0 Å². The number of hydrogen-bond donors (Lipinski definition) is 0. The minimum Gasteiger partial charge on any atom is -0.125 e. The number of aryl methyl sites for hydroxylation is 2. The van der Waals surface area contributed by atoms with Crippen LogP contribution in [-0.4, -0.2) is 11.8 Å².